The number of carboxylic acids is 1. The molecule has 5 nitrogen and oxygen atoms in total. The lowest BCUT2D eigenvalue weighted by Gasteiger charge is -2.30. The van der Waals surface area contributed by atoms with Crippen LogP contribution in [0.5, 0.6) is 0 Å². The van der Waals surface area contributed by atoms with Gasteiger partial charge in [0, 0.05) is 6.54 Å². The van der Waals surface area contributed by atoms with Gasteiger partial charge in [-0.15, -0.1) is 0 Å². The summed E-state index contributed by atoms with van der Waals surface area (Å²) in [6, 6.07) is 0. The van der Waals surface area contributed by atoms with E-state index in [2.05, 4.69) is 0 Å². The lowest BCUT2D eigenvalue weighted by molar-refractivity contribution is -0.154. The van der Waals surface area contributed by atoms with Crippen molar-refractivity contribution in [3.05, 3.63) is 0 Å². The fraction of sp³-hybridized carbons (Fsp3) is 0.750. The highest BCUT2D eigenvalue weighted by Crippen LogP contribution is 2.28. The Morgan fingerprint density at radius 2 is 2.23 bits per heavy atom. The van der Waals surface area contributed by atoms with Crippen molar-refractivity contribution in [1.82, 2.24) is 4.90 Å². The van der Waals surface area contributed by atoms with E-state index in [0.29, 0.717) is 13.0 Å². The Balaban J connectivity index is 2.85. The van der Waals surface area contributed by atoms with Gasteiger partial charge in [-0.25, -0.2) is 4.79 Å². The van der Waals surface area contributed by atoms with Crippen molar-refractivity contribution in [2.75, 3.05) is 13.1 Å². The fourth-order valence-electron chi connectivity index (χ4n) is 1.70. The molecule has 1 aliphatic rings. The van der Waals surface area contributed by atoms with Crippen LogP contribution in [0.15, 0.2) is 0 Å². The number of nitrogens with two attached hydrogens (primary N) is 1. The number of carbonyl (C=O) groups is 2. The first-order chi connectivity index (χ1) is 6.02. The van der Waals surface area contributed by atoms with Crippen LogP contribution in [0.2, 0.25) is 0 Å². The van der Waals surface area contributed by atoms with E-state index in [4.69, 9.17) is 10.8 Å². The second kappa shape index (κ2) is 3.33. The molecule has 1 fully saturated rings. The minimum absolute atomic E-state index is 0.122. The molecule has 1 saturated heterocycles. The van der Waals surface area contributed by atoms with E-state index >= 15 is 0 Å². The molecular formula is C8H14N2O3. The lowest BCUT2D eigenvalue weighted by Crippen LogP contribution is -2.52. The summed E-state index contributed by atoms with van der Waals surface area (Å²) in [5.74, 6) is -1.24. The molecule has 0 aliphatic carbocycles. The van der Waals surface area contributed by atoms with Gasteiger partial charge in [0.2, 0.25) is 5.91 Å². The molecule has 1 heterocycles. The highest BCUT2D eigenvalue weighted by Gasteiger charge is 2.45. The molecule has 0 radical (unpaired) electrons. The Hall–Kier alpha value is -1.10. The molecule has 0 aromatic heterocycles. The van der Waals surface area contributed by atoms with E-state index in [1.807, 2.05) is 0 Å². The normalized spacial score (nSPS) is 27.7. The minimum atomic E-state index is -1.05. The highest BCUT2D eigenvalue weighted by atomic mass is 16.4. The van der Waals surface area contributed by atoms with Crippen LogP contribution >= 0.6 is 0 Å². The van der Waals surface area contributed by atoms with E-state index in [0.717, 1.165) is 6.42 Å². The van der Waals surface area contributed by atoms with Gasteiger partial charge in [-0.3, -0.25) is 4.79 Å². The molecule has 0 spiro atoms. The van der Waals surface area contributed by atoms with E-state index in [1.54, 1.807) is 6.92 Å². The van der Waals surface area contributed by atoms with Crippen molar-refractivity contribution in [3.63, 3.8) is 0 Å². The molecule has 0 bridgehead atoms. The van der Waals surface area contributed by atoms with Crippen molar-refractivity contribution in [2.45, 2.75) is 25.3 Å². The zero-order valence-electron chi connectivity index (χ0n) is 7.62. The Morgan fingerprint density at radius 1 is 1.62 bits per heavy atom. The van der Waals surface area contributed by atoms with Gasteiger partial charge in [-0.05, 0) is 19.8 Å². The van der Waals surface area contributed by atoms with Crippen molar-refractivity contribution in [2.24, 2.45) is 5.73 Å². The maximum atomic E-state index is 11.3. The van der Waals surface area contributed by atoms with Gasteiger partial charge in [0.05, 0.1) is 6.54 Å². The summed E-state index contributed by atoms with van der Waals surface area (Å²) in [4.78, 5) is 23.5. The summed E-state index contributed by atoms with van der Waals surface area (Å²) in [6.07, 6.45) is 1.24. The molecule has 1 amide bonds. The third kappa shape index (κ3) is 1.51. The molecule has 0 aromatic rings. The first-order valence-electron chi connectivity index (χ1n) is 4.26. The Bertz CT molecular complexity index is 242. The summed E-state index contributed by atoms with van der Waals surface area (Å²) in [5.41, 5.74) is 4.14. The van der Waals surface area contributed by atoms with Crippen LogP contribution in [0.25, 0.3) is 0 Å². The SMILES string of the molecule is C[C@@]1(C(=O)O)CCCN1C(=O)CN. The molecule has 0 saturated carbocycles. The number of aliphatic carboxylic acids is 1. The van der Waals surface area contributed by atoms with Crippen molar-refractivity contribution < 1.29 is 14.7 Å². The van der Waals surface area contributed by atoms with Gasteiger partial charge in [-0.2, -0.15) is 0 Å². The quantitative estimate of drug-likeness (QED) is 0.603. The highest BCUT2D eigenvalue weighted by molar-refractivity contribution is 5.88. The molecule has 0 unspecified atom stereocenters. The third-order valence-corrected chi connectivity index (χ3v) is 2.58. The number of carbonyl (C=O) groups excluding carboxylic acids is 1. The summed E-state index contributed by atoms with van der Waals surface area (Å²) in [5, 5.41) is 8.95. The van der Waals surface area contributed by atoms with Gasteiger partial charge in [0.25, 0.3) is 0 Å². The van der Waals surface area contributed by atoms with E-state index < -0.39 is 11.5 Å². The second-order valence-electron chi connectivity index (χ2n) is 3.43. The predicted molar refractivity (Wildman–Crippen MR) is 46.0 cm³/mol. The molecule has 3 N–H and O–H groups in total. The Kier molecular flexibility index (Phi) is 2.56. The number of nitrogens with zero attached hydrogens (tertiary/aromatic N) is 1. The number of amides is 1. The number of hydrogen-bond acceptors (Lipinski definition) is 3. The first kappa shape index (κ1) is 9.98. The fourth-order valence-corrected chi connectivity index (χ4v) is 1.70. The molecule has 74 valence electrons. The average molecular weight is 186 g/mol. The maximum Gasteiger partial charge on any atom is 0.329 e. The second-order valence-corrected chi connectivity index (χ2v) is 3.43. The molecule has 13 heavy (non-hydrogen) atoms. The van der Waals surface area contributed by atoms with Crippen LogP contribution in [-0.4, -0.2) is 40.5 Å². The van der Waals surface area contributed by atoms with Crippen molar-refractivity contribution >= 4 is 11.9 Å². The topological polar surface area (TPSA) is 83.6 Å². The zero-order valence-corrected chi connectivity index (χ0v) is 7.62. The molecule has 1 aliphatic heterocycles. The third-order valence-electron chi connectivity index (χ3n) is 2.58. The molecule has 0 aromatic carbocycles. The van der Waals surface area contributed by atoms with Crippen LogP contribution in [-0.2, 0) is 9.59 Å². The largest absolute Gasteiger partial charge is 0.480 e. The van der Waals surface area contributed by atoms with Crippen LogP contribution < -0.4 is 5.73 Å². The van der Waals surface area contributed by atoms with Crippen molar-refractivity contribution in [1.29, 1.82) is 0 Å². The van der Waals surface area contributed by atoms with Gasteiger partial charge in [0.15, 0.2) is 0 Å². The monoisotopic (exact) mass is 186 g/mol. The Morgan fingerprint density at radius 3 is 2.69 bits per heavy atom. The first-order valence-corrected chi connectivity index (χ1v) is 4.26. The van der Waals surface area contributed by atoms with Crippen LogP contribution in [0.1, 0.15) is 19.8 Å². The molecule has 1 atom stereocenters. The summed E-state index contributed by atoms with van der Waals surface area (Å²) < 4.78 is 0. The van der Waals surface area contributed by atoms with Gasteiger partial charge < -0.3 is 15.7 Å². The van der Waals surface area contributed by atoms with Gasteiger partial charge in [-0.1, -0.05) is 0 Å². The Labute approximate surface area is 76.5 Å². The summed E-state index contributed by atoms with van der Waals surface area (Å²) in [7, 11) is 0. The van der Waals surface area contributed by atoms with E-state index in [1.165, 1.54) is 4.90 Å². The number of rotatable bonds is 2. The van der Waals surface area contributed by atoms with Gasteiger partial charge in [0.1, 0.15) is 5.54 Å². The van der Waals surface area contributed by atoms with Crippen molar-refractivity contribution in [3.8, 4) is 0 Å². The number of hydrogen-bond donors (Lipinski definition) is 2. The average Bonchev–Trinajstić information content (AvgIpc) is 2.47. The maximum absolute atomic E-state index is 11.3. The standard InChI is InChI=1S/C8H14N2O3/c1-8(7(12)13)3-2-4-10(8)6(11)5-9/h2-5,9H2,1H3,(H,12,13)/t8-/m0/s1. The smallest absolute Gasteiger partial charge is 0.329 e. The molecular weight excluding hydrogens is 172 g/mol. The van der Waals surface area contributed by atoms with Crippen LogP contribution in [0.4, 0.5) is 0 Å². The van der Waals surface area contributed by atoms with E-state index in [-0.39, 0.29) is 12.5 Å². The predicted octanol–water partition coefficient (Wildman–Crippen LogP) is -0.589. The summed E-state index contributed by atoms with van der Waals surface area (Å²) in [6.45, 7) is 1.94. The minimum Gasteiger partial charge on any atom is -0.480 e. The number of carboxylic acid groups (broad SMARTS) is 1. The number of likely N-dealkylation sites (tertiary alicyclic amines) is 1. The summed E-state index contributed by atoms with van der Waals surface area (Å²) >= 11 is 0. The lowest BCUT2D eigenvalue weighted by atomic mass is 9.99. The van der Waals surface area contributed by atoms with Crippen LogP contribution in [0.3, 0.4) is 0 Å². The van der Waals surface area contributed by atoms with Crippen LogP contribution in [0, 0.1) is 0 Å². The van der Waals surface area contributed by atoms with E-state index in [9.17, 15) is 9.59 Å². The molecule has 1 rings (SSSR count). The zero-order chi connectivity index (χ0) is 10.1. The molecule has 5 heteroatoms. The van der Waals surface area contributed by atoms with Gasteiger partial charge >= 0.3 is 5.97 Å².